The first kappa shape index (κ1) is 9.21. The molecule has 2 aromatic rings. The van der Waals surface area contributed by atoms with Crippen LogP contribution in [0.3, 0.4) is 0 Å². The number of aromatic nitrogens is 2. The molecule has 14 heavy (non-hydrogen) atoms. The number of furan rings is 1. The third-order valence-corrected chi connectivity index (χ3v) is 2.40. The van der Waals surface area contributed by atoms with Crippen LogP contribution in [0.1, 0.15) is 5.76 Å². The van der Waals surface area contributed by atoms with Gasteiger partial charge in [-0.2, -0.15) is 0 Å². The van der Waals surface area contributed by atoms with E-state index in [-0.39, 0.29) is 0 Å². The molecule has 0 aliphatic carbocycles. The molecule has 0 aliphatic heterocycles. The zero-order valence-electron chi connectivity index (χ0n) is 7.49. The summed E-state index contributed by atoms with van der Waals surface area (Å²) in [5.41, 5.74) is 6.19. The van der Waals surface area contributed by atoms with Crippen molar-refractivity contribution in [2.45, 2.75) is 6.92 Å². The zero-order chi connectivity index (χ0) is 10.1. The third-order valence-electron chi connectivity index (χ3n) is 1.77. The van der Waals surface area contributed by atoms with Gasteiger partial charge in [0.2, 0.25) is 0 Å². The predicted octanol–water partition coefficient (Wildman–Crippen LogP) is 2.39. The van der Waals surface area contributed by atoms with Gasteiger partial charge in [-0.1, -0.05) is 0 Å². The van der Waals surface area contributed by atoms with Gasteiger partial charge in [0.25, 0.3) is 0 Å². The van der Waals surface area contributed by atoms with Crippen LogP contribution in [0.5, 0.6) is 0 Å². The Labute approximate surface area is 89.3 Å². The second-order valence-corrected chi connectivity index (χ2v) is 3.73. The van der Waals surface area contributed by atoms with E-state index in [2.05, 4.69) is 26.1 Å². The fourth-order valence-corrected chi connectivity index (χ4v) is 1.37. The lowest BCUT2D eigenvalue weighted by molar-refractivity contribution is 0.545. The first-order valence-electron chi connectivity index (χ1n) is 4.02. The molecule has 5 heteroatoms. The molecular formula is C9H8BrN3O. The topological polar surface area (TPSA) is 64.9 Å². The number of anilines is 1. The van der Waals surface area contributed by atoms with E-state index in [1.807, 2.05) is 19.1 Å². The van der Waals surface area contributed by atoms with Crippen molar-refractivity contribution in [3.8, 4) is 11.5 Å². The normalized spacial score (nSPS) is 10.4. The Kier molecular flexibility index (Phi) is 2.25. The maximum absolute atomic E-state index is 5.52. The predicted molar refractivity (Wildman–Crippen MR) is 56.6 cm³/mol. The minimum absolute atomic E-state index is 0.372. The number of nitrogens with two attached hydrogens (primary N) is 1. The Hall–Kier alpha value is -1.36. The second kappa shape index (κ2) is 3.42. The summed E-state index contributed by atoms with van der Waals surface area (Å²) in [5.74, 6) is 1.91. The standard InChI is InChI=1S/C9H8BrN3O/c1-5-2-3-8(14-5)7-4-6(10)9(11)13-12-7/h2-4H,1H3,(H2,11,13). The van der Waals surface area contributed by atoms with E-state index in [0.717, 1.165) is 10.2 Å². The lowest BCUT2D eigenvalue weighted by Gasteiger charge is -1.98. The van der Waals surface area contributed by atoms with Crippen LogP contribution in [-0.4, -0.2) is 10.2 Å². The summed E-state index contributed by atoms with van der Waals surface area (Å²) < 4.78 is 6.12. The van der Waals surface area contributed by atoms with Crippen LogP contribution in [0.4, 0.5) is 5.82 Å². The van der Waals surface area contributed by atoms with Crippen molar-refractivity contribution in [3.63, 3.8) is 0 Å². The molecule has 0 atom stereocenters. The van der Waals surface area contributed by atoms with Crippen LogP contribution >= 0.6 is 15.9 Å². The van der Waals surface area contributed by atoms with Crippen molar-refractivity contribution in [2.24, 2.45) is 0 Å². The van der Waals surface area contributed by atoms with Gasteiger partial charge in [0, 0.05) is 0 Å². The van der Waals surface area contributed by atoms with Gasteiger partial charge in [-0.3, -0.25) is 0 Å². The van der Waals surface area contributed by atoms with E-state index >= 15 is 0 Å². The van der Waals surface area contributed by atoms with Gasteiger partial charge in [-0.15, -0.1) is 10.2 Å². The Balaban J connectivity index is 2.47. The fourth-order valence-electron chi connectivity index (χ4n) is 1.07. The Morgan fingerprint density at radius 1 is 1.36 bits per heavy atom. The molecule has 0 amide bonds. The van der Waals surface area contributed by atoms with Crippen molar-refractivity contribution in [2.75, 3.05) is 5.73 Å². The Morgan fingerprint density at radius 3 is 2.71 bits per heavy atom. The highest BCUT2D eigenvalue weighted by Gasteiger charge is 2.07. The highest BCUT2D eigenvalue weighted by Crippen LogP contribution is 2.24. The molecule has 0 saturated heterocycles. The highest BCUT2D eigenvalue weighted by molar-refractivity contribution is 9.10. The molecule has 0 aromatic carbocycles. The van der Waals surface area contributed by atoms with Gasteiger partial charge < -0.3 is 10.2 Å². The van der Waals surface area contributed by atoms with E-state index in [1.54, 1.807) is 6.07 Å². The Morgan fingerprint density at radius 2 is 2.14 bits per heavy atom. The molecule has 0 fully saturated rings. The Bertz CT molecular complexity index is 467. The van der Waals surface area contributed by atoms with Gasteiger partial charge in [-0.25, -0.2) is 0 Å². The lowest BCUT2D eigenvalue weighted by Crippen LogP contribution is -1.95. The van der Waals surface area contributed by atoms with E-state index in [0.29, 0.717) is 17.3 Å². The number of halogens is 1. The molecular weight excluding hydrogens is 246 g/mol. The molecule has 0 saturated carbocycles. The van der Waals surface area contributed by atoms with Gasteiger partial charge in [0.1, 0.15) is 11.5 Å². The lowest BCUT2D eigenvalue weighted by atomic mass is 10.3. The van der Waals surface area contributed by atoms with Crippen molar-refractivity contribution in [1.29, 1.82) is 0 Å². The maximum Gasteiger partial charge on any atom is 0.160 e. The van der Waals surface area contributed by atoms with E-state index in [4.69, 9.17) is 10.2 Å². The van der Waals surface area contributed by atoms with Crippen LogP contribution < -0.4 is 5.73 Å². The third kappa shape index (κ3) is 1.63. The molecule has 2 rings (SSSR count). The summed E-state index contributed by atoms with van der Waals surface area (Å²) >= 11 is 3.28. The maximum atomic E-state index is 5.52. The number of hydrogen-bond donors (Lipinski definition) is 1. The SMILES string of the molecule is Cc1ccc(-c2cc(Br)c(N)nn2)o1. The van der Waals surface area contributed by atoms with Crippen LogP contribution in [0.25, 0.3) is 11.5 Å². The molecule has 4 nitrogen and oxygen atoms in total. The van der Waals surface area contributed by atoms with Gasteiger partial charge >= 0.3 is 0 Å². The number of nitrogen functional groups attached to an aromatic ring is 1. The zero-order valence-corrected chi connectivity index (χ0v) is 9.08. The number of aryl methyl sites for hydroxylation is 1. The minimum Gasteiger partial charge on any atom is -0.460 e. The van der Waals surface area contributed by atoms with Crippen LogP contribution in [0.15, 0.2) is 27.1 Å². The van der Waals surface area contributed by atoms with Crippen molar-refractivity contribution < 1.29 is 4.42 Å². The second-order valence-electron chi connectivity index (χ2n) is 2.87. The van der Waals surface area contributed by atoms with Gasteiger partial charge in [0.15, 0.2) is 11.6 Å². The molecule has 72 valence electrons. The van der Waals surface area contributed by atoms with Crippen molar-refractivity contribution in [1.82, 2.24) is 10.2 Å². The molecule has 0 unspecified atom stereocenters. The summed E-state index contributed by atoms with van der Waals surface area (Å²) in [5, 5.41) is 7.71. The summed E-state index contributed by atoms with van der Waals surface area (Å²) in [6.07, 6.45) is 0. The molecule has 0 spiro atoms. The molecule has 2 aromatic heterocycles. The molecule has 2 heterocycles. The minimum atomic E-state index is 0.372. The average molecular weight is 254 g/mol. The monoisotopic (exact) mass is 253 g/mol. The fraction of sp³-hybridized carbons (Fsp3) is 0.111. The molecule has 0 radical (unpaired) electrons. The molecule has 0 bridgehead atoms. The first-order valence-corrected chi connectivity index (χ1v) is 4.81. The molecule has 2 N–H and O–H groups in total. The summed E-state index contributed by atoms with van der Waals surface area (Å²) in [6, 6.07) is 5.50. The van der Waals surface area contributed by atoms with Gasteiger partial charge in [0.05, 0.1) is 4.47 Å². The van der Waals surface area contributed by atoms with Crippen LogP contribution in [-0.2, 0) is 0 Å². The van der Waals surface area contributed by atoms with Crippen LogP contribution in [0.2, 0.25) is 0 Å². The molecule has 0 aliphatic rings. The summed E-state index contributed by atoms with van der Waals surface area (Å²) in [4.78, 5) is 0. The summed E-state index contributed by atoms with van der Waals surface area (Å²) in [7, 11) is 0. The summed E-state index contributed by atoms with van der Waals surface area (Å²) in [6.45, 7) is 1.88. The van der Waals surface area contributed by atoms with Crippen LogP contribution in [0, 0.1) is 6.92 Å². The van der Waals surface area contributed by atoms with Gasteiger partial charge in [-0.05, 0) is 41.1 Å². The van der Waals surface area contributed by atoms with Crippen molar-refractivity contribution >= 4 is 21.7 Å². The van der Waals surface area contributed by atoms with E-state index in [1.165, 1.54) is 0 Å². The first-order chi connectivity index (χ1) is 6.66. The largest absolute Gasteiger partial charge is 0.460 e. The number of nitrogens with zero attached hydrogens (tertiary/aromatic N) is 2. The van der Waals surface area contributed by atoms with E-state index < -0.39 is 0 Å². The number of rotatable bonds is 1. The quantitative estimate of drug-likeness (QED) is 0.848. The highest BCUT2D eigenvalue weighted by atomic mass is 79.9. The van der Waals surface area contributed by atoms with Crippen molar-refractivity contribution in [3.05, 3.63) is 28.4 Å². The average Bonchev–Trinajstić information content (AvgIpc) is 2.57. The number of hydrogen-bond acceptors (Lipinski definition) is 4. The van der Waals surface area contributed by atoms with E-state index in [9.17, 15) is 0 Å². The smallest absolute Gasteiger partial charge is 0.160 e.